The van der Waals surface area contributed by atoms with Crippen molar-refractivity contribution >= 4 is 18.9 Å². The fourth-order valence-electron chi connectivity index (χ4n) is 2.76. The Balaban J connectivity index is 2.41. The predicted molar refractivity (Wildman–Crippen MR) is 91.6 cm³/mol. The molecule has 0 aromatic carbocycles. The lowest BCUT2D eigenvalue weighted by Gasteiger charge is -2.27. The van der Waals surface area contributed by atoms with Crippen molar-refractivity contribution in [3.05, 3.63) is 5.89 Å². The van der Waals surface area contributed by atoms with Crippen LogP contribution in [0.1, 0.15) is 52.8 Å². The summed E-state index contributed by atoms with van der Waals surface area (Å²) in [5, 5.41) is 0. The predicted octanol–water partition coefficient (Wildman–Crippen LogP) is 3.75. The van der Waals surface area contributed by atoms with Gasteiger partial charge >= 0.3 is 7.60 Å². The van der Waals surface area contributed by atoms with Gasteiger partial charge in [-0.15, -0.1) is 0 Å². The molecule has 0 bridgehead atoms. The molecule has 2 rings (SSSR count). The van der Waals surface area contributed by atoms with E-state index in [0.29, 0.717) is 42.8 Å². The highest BCUT2D eigenvalue weighted by atomic mass is 31.2. The molecule has 6 nitrogen and oxygen atoms in total. The quantitative estimate of drug-likeness (QED) is 0.669. The number of oxazole rings is 1. The molecule has 1 aromatic rings. The second-order valence-electron chi connectivity index (χ2n) is 6.22. The molecule has 0 aliphatic carbocycles. The molecule has 0 atom stereocenters. The van der Waals surface area contributed by atoms with Crippen molar-refractivity contribution in [2.45, 2.75) is 53.4 Å². The first-order chi connectivity index (χ1) is 11.0. The Morgan fingerprint density at radius 2 is 1.78 bits per heavy atom. The van der Waals surface area contributed by atoms with Gasteiger partial charge in [-0.05, 0) is 39.0 Å². The third-order valence-electron chi connectivity index (χ3n) is 3.72. The summed E-state index contributed by atoms with van der Waals surface area (Å²) in [5.41, 5.74) is 0.346. The molecule has 1 saturated heterocycles. The minimum absolute atomic E-state index is 0.309. The Bertz CT molecular complexity index is 528. The highest BCUT2D eigenvalue weighted by molar-refractivity contribution is 7.62. The van der Waals surface area contributed by atoms with E-state index < -0.39 is 7.60 Å². The van der Waals surface area contributed by atoms with Crippen LogP contribution >= 0.6 is 7.60 Å². The van der Waals surface area contributed by atoms with Crippen LogP contribution in [-0.2, 0) is 20.0 Å². The average molecular weight is 344 g/mol. The summed E-state index contributed by atoms with van der Waals surface area (Å²) in [6, 6.07) is 0. The molecule has 0 saturated carbocycles. The van der Waals surface area contributed by atoms with Crippen LogP contribution in [0.2, 0.25) is 0 Å². The van der Waals surface area contributed by atoms with E-state index in [1.54, 1.807) is 13.8 Å². The number of hydrogen-bond acceptors (Lipinski definition) is 6. The van der Waals surface area contributed by atoms with Crippen LogP contribution in [0.3, 0.4) is 0 Å². The molecule has 0 radical (unpaired) electrons. The molecule has 1 fully saturated rings. The van der Waals surface area contributed by atoms with Gasteiger partial charge in [0.2, 0.25) is 11.3 Å². The van der Waals surface area contributed by atoms with Crippen molar-refractivity contribution in [1.29, 1.82) is 0 Å². The second kappa shape index (κ2) is 8.32. The normalized spacial score (nSPS) is 16.3. The summed E-state index contributed by atoms with van der Waals surface area (Å²) in [5.74, 6) is 1.59. The van der Waals surface area contributed by atoms with E-state index in [0.717, 1.165) is 25.9 Å². The van der Waals surface area contributed by atoms with Gasteiger partial charge in [-0.1, -0.05) is 13.8 Å². The van der Waals surface area contributed by atoms with Crippen molar-refractivity contribution in [2.24, 2.45) is 5.92 Å². The van der Waals surface area contributed by atoms with Gasteiger partial charge in [0.05, 0.1) is 13.2 Å². The van der Waals surface area contributed by atoms with Crippen LogP contribution in [0.5, 0.6) is 0 Å². The summed E-state index contributed by atoms with van der Waals surface area (Å²) in [6.45, 7) is 10.2. The maximum Gasteiger partial charge on any atom is 0.385 e. The summed E-state index contributed by atoms with van der Waals surface area (Å²) < 4.78 is 30.2. The molecule has 1 aliphatic rings. The van der Waals surface area contributed by atoms with Gasteiger partial charge in [0.25, 0.3) is 0 Å². The molecule has 0 amide bonds. The van der Waals surface area contributed by atoms with Gasteiger partial charge in [-0.25, -0.2) is 4.98 Å². The molecule has 1 aromatic heterocycles. The Kier molecular flexibility index (Phi) is 6.69. The monoisotopic (exact) mass is 344 g/mol. The number of anilines is 1. The van der Waals surface area contributed by atoms with Gasteiger partial charge in [-0.3, -0.25) is 4.57 Å². The highest BCUT2D eigenvalue weighted by Gasteiger charge is 2.37. The van der Waals surface area contributed by atoms with Crippen molar-refractivity contribution in [2.75, 3.05) is 31.2 Å². The molecule has 0 N–H and O–H groups in total. The Labute approximate surface area is 139 Å². The van der Waals surface area contributed by atoms with Gasteiger partial charge in [0.15, 0.2) is 5.89 Å². The number of hydrogen-bond donors (Lipinski definition) is 0. The lowest BCUT2D eigenvalue weighted by atomic mass is 10.1. The van der Waals surface area contributed by atoms with E-state index in [-0.39, 0.29) is 0 Å². The van der Waals surface area contributed by atoms with Crippen LogP contribution in [0.25, 0.3) is 0 Å². The fourth-order valence-corrected chi connectivity index (χ4v) is 4.42. The second-order valence-corrected chi connectivity index (χ2v) is 8.15. The van der Waals surface area contributed by atoms with Gasteiger partial charge in [-0.2, -0.15) is 0 Å². The van der Waals surface area contributed by atoms with Gasteiger partial charge in [0.1, 0.15) is 0 Å². The average Bonchev–Trinajstić information content (AvgIpc) is 2.92. The largest absolute Gasteiger partial charge is 0.424 e. The highest BCUT2D eigenvalue weighted by Crippen LogP contribution is 2.49. The molecular weight excluding hydrogens is 315 g/mol. The zero-order valence-electron chi connectivity index (χ0n) is 14.7. The third kappa shape index (κ3) is 4.59. The number of aromatic nitrogens is 1. The smallest absolute Gasteiger partial charge is 0.385 e. The van der Waals surface area contributed by atoms with Crippen LogP contribution in [0.15, 0.2) is 4.42 Å². The van der Waals surface area contributed by atoms with Gasteiger partial charge in [0, 0.05) is 19.5 Å². The molecular formula is C16H29N2O4P. The summed E-state index contributed by atoms with van der Waals surface area (Å²) in [6.07, 6.45) is 4.13. The molecule has 2 heterocycles. The van der Waals surface area contributed by atoms with E-state index in [9.17, 15) is 4.57 Å². The Morgan fingerprint density at radius 3 is 2.30 bits per heavy atom. The lowest BCUT2D eigenvalue weighted by molar-refractivity contribution is 0.229. The standard InChI is InChI=1S/C16H29N2O4P/c1-5-20-23(19,21-6-2)15-16(18-10-8-7-9-11-18)22-14(17-15)12-13(3)4/h13H,5-12H2,1-4H3. The van der Waals surface area contributed by atoms with Crippen molar-refractivity contribution in [3.63, 3.8) is 0 Å². The first-order valence-electron chi connectivity index (χ1n) is 8.64. The van der Waals surface area contributed by atoms with Crippen molar-refractivity contribution in [3.8, 4) is 0 Å². The summed E-state index contributed by atoms with van der Waals surface area (Å²) in [7, 11) is -3.45. The minimum Gasteiger partial charge on any atom is -0.424 e. The maximum absolute atomic E-state index is 13.2. The van der Waals surface area contributed by atoms with Crippen LogP contribution in [-0.4, -0.2) is 31.3 Å². The zero-order valence-corrected chi connectivity index (χ0v) is 15.6. The third-order valence-corrected chi connectivity index (χ3v) is 5.73. The Morgan fingerprint density at radius 1 is 1.17 bits per heavy atom. The lowest BCUT2D eigenvalue weighted by Crippen LogP contribution is -2.33. The molecule has 0 spiro atoms. The Hall–Kier alpha value is -0.840. The number of piperidine rings is 1. The first-order valence-corrected chi connectivity index (χ1v) is 10.2. The van der Waals surface area contributed by atoms with E-state index in [2.05, 4.69) is 23.7 Å². The van der Waals surface area contributed by atoms with E-state index in [1.165, 1.54) is 6.42 Å². The molecule has 7 heteroatoms. The van der Waals surface area contributed by atoms with Crippen LogP contribution in [0.4, 0.5) is 5.88 Å². The summed E-state index contributed by atoms with van der Waals surface area (Å²) >= 11 is 0. The van der Waals surface area contributed by atoms with Gasteiger partial charge < -0.3 is 18.4 Å². The topological polar surface area (TPSA) is 64.8 Å². The van der Waals surface area contributed by atoms with E-state index in [4.69, 9.17) is 13.5 Å². The number of rotatable bonds is 8. The maximum atomic E-state index is 13.2. The van der Waals surface area contributed by atoms with Crippen molar-refractivity contribution in [1.82, 2.24) is 4.98 Å². The molecule has 23 heavy (non-hydrogen) atoms. The summed E-state index contributed by atoms with van der Waals surface area (Å²) in [4.78, 5) is 6.64. The van der Waals surface area contributed by atoms with Crippen LogP contribution < -0.4 is 10.3 Å². The molecule has 132 valence electrons. The van der Waals surface area contributed by atoms with E-state index >= 15 is 0 Å². The van der Waals surface area contributed by atoms with E-state index in [1.807, 2.05) is 0 Å². The van der Waals surface area contributed by atoms with Crippen molar-refractivity contribution < 1.29 is 18.0 Å². The molecule has 1 aliphatic heterocycles. The fraction of sp³-hybridized carbons (Fsp3) is 0.812. The molecule has 0 unspecified atom stereocenters. The number of nitrogens with zero attached hydrogens (tertiary/aromatic N) is 2. The first kappa shape index (κ1) is 18.5. The van der Waals surface area contributed by atoms with Crippen LogP contribution in [0, 0.1) is 5.92 Å². The zero-order chi connectivity index (χ0) is 16.9. The minimum atomic E-state index is -3.45. The SMILES string of the molecule is CCOP(=O)(OCC)c1nc(CC(C)C)oc1N1CCCCC1.